The first-order chi connectivity index (χ1) is 12.8. The van der Waals surface area contributed by atoms with Gasteiger partial charge >= 0.3 is 0 Å². The van der Waals surface area contributed by atoms with Gasteiger partial charge in [0.15, 0.2) is 0 Å². The highest BCUT2D eigenvalue weighted by molar-refractivity contribution is 6.32. The molecular formula is C16H10ClN5O5. The normalized spacial score (nSPS) is 10.6. The number of rotatable bonds is 6. The van der Waals surface area contributed by atoms with Gasteiger partial charge in [0, 0.05) is 24.0 Å². The fourth-order valence-corrected chi connectivity index (χ4v) is 2.17. The fraction of sp³-hybridized carbons (Fsp3) is 0. The number of anilines is 2. The van der Waals surface area contributed by atoms with E-state index in [0.717, 1.165) is 12.3 Å². The molecule has 2 rings (SSSR count). The van der Waals surface area contributed by atoms with Crippen molar-refractivity contribution in [3.05, 3.63) is 79.5 Å². The van der Waals surface area contributed by atoms with E-state index in [1.807, 2.05) is 0 Å². The van der Waals surface area contributed by atoms with Crippen LogP contribution in [0.4, 0.5) is 22.7 Å². The van der Waals surface area contributed by atoms with Crippen LogP contribution in [0.5, 0.6) is 0 Å². The molecule has 0 aliphatic carbocycles. The molecule has 0 radical (unpaired) electrons. The number of nitrogens with one attached hydrogen (secondary N) is 2. The molecule has 136 valence electrons. The minimum absolute atomic E-state index is 0.0583. The van der Waals surface area contributed by atoms with Crippen molar-refractivity contribution in [2.24, 2.45) is 0 Å². The zero-order valence-electron chi connectivity index (χ0n) is 13.4. The lowest BCUT2D eigenvalue weighted by atomic mass is 10.2. The molecule has 0 unspecified atom stereocenters. The van der Waals surface area contributed by atoms with E-state index in [2.05, 4.69) is 10.6 Å². The Kier molecular flexibility index (Phi) is 6.03. The first-order valence-electron chi connectivity index (χ1n) is 7.19. The maximum Gasteiger partial charge on any atom is 0.292 e. The van der Waals surface area contributed by atoms with Gasteiger partial charge in [-0.15, -0.1) is 0 Å². The summed E-state index contributed by atoms with van der Waals surface area (Å²) in [6.07, 6.45) is 1.00. The lowest BCUT2D eigenvalue weighted by molar-refractivity contribution is -0.384. The molecule has 2 N–H and O–H groups in total. The Morgan fingerprint density at radius 2 is 1.78 bits per heavy atom. The number of halogens is 1. The average molecular weight is 388 g/mol. The molecule has 10 nitrogen and oxygen atoms in total. The highest BCUT2D eigenvalue weighted by Gasteiger charge is 2.16. The Bertz CT molecular complexity index is 999. The number of benzene rings is 2. The summed E-state index contributed by atoms with van der Waals surface area (Å²) in [4.78, 5) is 32.7. The Hall–Kier alpha value is -3.97. The monoisotopic (exact) mass is 387 g/mol. The summed E-state index contributed by atoms with van der Waals surface area (Å²) in [6.45, 7) is 0. The third kappa shape index (κ3) is 4.77. The first-order valence-corrected chi connectivity index (χ1v) is 7.56. The van der Waals surface area contributed by atoms with Gasteiger partial charge in [0.25, 0.3) is 17.3 Å². The SMILES string of the molecule is N#C/C(=C/Nc1ccccc1[N+](=O)[O-])C(=O)Nc1ccc(Cl)c([N+](=O)[O-])c1. The Balaban J connectivity index is 2.21. The molecule has 2 aromatic rings. The van der Waals surface area contributed by atoms with Crippen LogP contribution in [0.3, 0.4) is 0 Å². The van der Waals surface area contributed by atoms with Gasteiger partial charge in [-0.2, -0.15) is 5.26 Å². The van der Waals surface area contributed by atoms with E-state index in [0.29, 0.717) is 0 Å². The van der Waals surface area contributed by atoms with Gasteiger partial charge in [-0.3, -0.25) is 25.0 Å². The Morgan fingerprint density at radius 1 is 1.11 bits per heavy atom. The average Bonchev–Trinajstić information content (AvgIpc) is 2.63. The molecule has 0 atom stereocenters. The van der Waals surface area contributed by atoms with E-state index in [-0.39, 0.29) is 22.1 Å². The van der Waals surface area contributed by atoms with Crippen molar-refractivity contribution in [1.29, 1.82) is 5.26 Å². The summed E-state index contributed by atoms with van der Waals surface area (Å²) in [6, 6.07) is 10.9. The molecule has 0 bridgehead atoms. The number of nitrogens with zero attached hydrogens (tertiary/aromatic N) is 3. The smallest absolute Gasteiger partial charge is 0.292 e. The van der Waals surface area contributed by atoms with Crippen LogP contribution in [0.15, 0.2) is 54.2 Å². The molecule has 0 saturated heterocycles. The maximum atomic E-state index is 12.2. The van der Waals surface area contributed by atoms with E-state index in [1.54, 1.807) is 12.1 Å². The molecule has 11 heteroatoms. The summed E-state index contributed by atoms with van der Waals surface area (Å²) in [5.74, 6) is -0.861. The number of nitriles is 1. The molecule has 0 aromatic heterocycles. The summed E-state index contributed by atoms with van der Waals surface area (Å²) in [7, 11) is 0. The number of hydrogen-bond donors (Lipinski definition) is 2. The van der Waals surface area contributed by atoms with Gasteiger partial charge in [-0.1, -0.05) is 23.7 Å². The molecule has 0 spiro atoms. The molecule has 0 saturated carbocycles. The van der Waals surface area contributed by atoms with Crippen molar-refractivity contribution < 1.29 is 14.6 Å². The quantitative estimate of drug-likeness (QED) is 0.332. The van der Waals surface area contributed by atoms with Crippen LogP contribution in [0, 0.1) is 31.6 Å². The van der Waals surface area contributed by atoms with Crippen molar-refractivity contribution in [2.45, 2.75) is 0 Å². The van der Waals surface area contributed by atoms with Crippen molar-refractivity contribution in [1.82, 2.24) is 0 Å². The van der Waals surface area contributed by atoms with E-state index < -0.39 is 27.0 Å². The van der Waals surface area contributed by atoms with Crippen LogP contribution >= 0.6 is 11.6 Å². The number of carbonyl (C=O) groups excluding carboxylic acids is 1. The summed E-state index contributed by atoms with van der Waals surface area (Å²) in [5, 5.41) is 35.7. The van der Waals surface area contributed by atoms with Crippen molar-refractivity contribution in [2.75, 3.05) is 10.6 Å². The largest absolute Gasteiger partial charge is 0.355 e. The lowest BCUT2D eigenvalue weighted by Crippen LogP contribution is -2.14. The predicted molar refractivity (Wildman–Crippen MR) is 97.2 cm³/mol. The van der Waals surface area contributed by atoms with Crippen LogP contribution in [0.1, 0.15) is 0 Å². The highest BCUT2D eigenvalue weighted by Crippen LogP contribution is 2.27. The van der Waals surface area contributed by atoms with Gasteiger partial charge in [-0.25, -0.2) is 0 Å². The number of hydrogen-bond acceptors (Lipinski definition) is 7. The summed E-state index contributed by atoms with van der Waals surface area (Å²) < 4.78 is 0. The molecule has 1 amide bonds. The van der Waals surface area contributed by atoms with Gasteiger partial charge in [0.2, 0.25) is 0 Å². The van der Waals surface area contributed by atoms with Crippen LogP contribution in [-0.4, -0.2) is 15.8 Å². The van der Waals surface area contributed by atoms with E-state index >= 15 is 0 Å². The van der Waals surface area contributed by atoms with Crippen LogP contribution in [0.2, 0.25) is 5.02 Å². The van der Waals surface area contributed by atoms with E-state index in [4.69, 9.17) is 16.9 Å². The van der Waals surface area contributed by atoms with E-state index in [9.17, 15) is 25.0 Å². The molecule has 0 aliphatic heterocycles. The molecule has 0 aliphatic rings. The maximum absolute atomic E-state index is 12.2. The predicted octanol–water partition coefficient (Wildman–Crippen LogP) is 3.61. The Morgan fingerprint density at radius 3 is 2.41 bits per heavy atom. The number of carbonyl (C=O) groups is 1. The molecule has 0 heterocycles. The minimum atomic E-state index is -0.861. The third-order valence-electron chi connectivity index (χ3n) is 3.24. The van der Waals surface area contributed by atoms with Gasteiger partial charge in [-0.05, 0) is 18.2 Å². The Labute approximate surface area is 157 Å². The van der Waals surface area contributed by atoms with Crippen molar-refractivity contribution in [3.8, 4) is 6.07 Å². The second kappa shape index (κ2) is 8.41. The second-order valence-electron chi connectivity index (χ2n) is 4.97. The standard InChI is InChI=1S/C16H10ClN5O5/c17-12-6-5-11(7-15(12)22(26)27)20-16(23)10(8-18)9-19-13-3-1-2-4-14(13)21(24)25/h1-7,9,19H,(H,20,23)/b10-9-. The topological polar surface area (TPSA) is 151 Å². The number of nitro benzene ring substituents is 2. The van der Waals surface area contributed by atoms with Gasteiger partial charge in [0.05, 0.1) is 9.85 Å². The van der Waals surface area contributed by atoms with Crippen LogP contribution in [0.25, 0.3) is 0 Å². The molecular weight excluding hydrogens is 378 g/mol. The van der Waals surface area contributed by atoms with Crippen LogP contribution < -0.4 is 10.6 Å². The van der Waals surface area contributed by atoms with Gasteiger partial charge < -0.3 is 10.6 Å². The number of amides is 1. The van der Waals surface area contributed by atoms with Crippen LogP contribution in [-0.2, 0) is 4.79 Å². The second-order valence-corrected chi connectivity index (χ2v) is 5.37. The minimum Gasteiger partial charge on any atom is -0.355 e. The first kappa shape index (κ1) is 19.4. The molecule has 27 heavy (non-hydrogen) atoms. The summed E-state index contributed by atoms with van der Waals surface area (Å²) in [5.41, 5.74) is -0.895. The van der Waals surface area contributed by atoms with Crippen molar-refractivity contribution >= 4 is 40.3 Å². The zero-order valence-corrected chi connectivity index (χ0v) is 14.1. The number of para-hydroxylation sites is 2. The number of nitro groups is 2. The lowest BCUT2D eigenvalue weighted by Gasteiger charge is -2.06. The van der Waals surface area contributed by atoms with Gasteiger partial charge in [0.1, 0.15) is 22.4 Å². The highest BCUT2D eigenvalue weighted by atomic mass is 35.5. The summed E-state index contributed by atoms with van der Waals surface area (Å²) >= 11 is 5.69. The van der Waals surface area contributed by atoms with E-state index in [1.165, 1.54) is 30.3 Å². The zero-order chi connectivity index (χ0) is 20.0. The molecule has 0 fully saturated rings. The third-order valence-corrected chi connectivity index (χ3v) is 3.56. The van der Waals surface area contributed by atoms with Crippen molar-refractivity contribution in [3.63, 3.8) is 0 Å². The molecule has 2 aromatic carbocycles. The fourth-order valence-electron chi connectivity index (χ4n) is 1.98.